The zero-order chi connectivity index (χ0) is 20.9. The Morgan fingerprint density at radius 2 is 1.83 bits per heavy atom. The molecule has 0 bridgehead atoms. The smallest absolute Gasteiger partial charge is 0.176 e. The van der Waals surface area contributed by atoms with Crippen LogP contribution < -0.4 is 10.6 Å². The molecule has 0 saturated heterocycles. The standard InChI is InChI=1S/C20H21FN8S/c1-2-27-11-15(9-22-27)12-29-14-17(10-23-29)24-20(30)25-19-7-8-28(26-19)13-16-5-3-4-6-18(16)21/h3-11,14H,2,12-13H2,1H3,(H2,24,25,26,30). The highest BCUT2D eigenvalue weighted by atomic mass is 32.1. The lowest BCUT2D eigenvalue weighted by atomic mass is 10.2. The fraction of sp³-hybridized carbons (Fsp3) is 0.200. The molecule has 3 aromatic heterocycles. The topological polar surface area (TPSA) is 77.5 Å². The summed E-state index contributed by atoms with van der Waals surface area (Å²) in [5.41, 5.74) is 2.42. The first-order valence-electron chi connectivity index (χ1n) is 9.47. The maximum absolute atomic E-state index is 13.8. The van der Waals surface area contributed by atoms with E-state index in [9.17, 15) is 4.39 Å². The number of aromatic nitrogens is 6. The van der Waals surface area contributed by atoms with Crippen molar-refractivity contribution >= 4 is 28.8 Å². The number of hydrogen-bond donors (Lipinski definition) is 2. The van der Waals surface area contributed by atoms with Crippen molar-refractivity contribution in [3.05, 3.63) is 78.3 Å². The third kappa shape index (κ3) is 4.90. The lowest BCUT2D eigenvalue weighted by Gasteiger charge is -2.06. The van der Waals surface area contributed by atoms with Crippen molar-refractivity contribution in [2.45, 2.75) is 26.6 Å². The number of rotatable bonds is 7. The quantitative estimate of drug-likeness (QED) is 0.443. The summed E-state index contributed by atoms with van der Waals surface area (Å²) in [5, 5.41) is 19.5. The van der Waals surface area contributed by atoms with Crippen LogP contribution in [0.25, 0.3) is 0 Å². The van der Waals surface area contributed by atoms with E-state index in [0.29, 0.717) is 29.6 Å². The van der Waals surface area contributed by atoms with Gasteiger partial charge in [0.25, 0.3) is 0 Å². The molecule has 154 valence electrons. The average Bonchev–Trinajstić information content (AvgIpc) is 3.46. The molecule has 4 rings (SSSR count). The first kappa shape index (κ1) is 19.8. The van der Waals surface area contributed by atoms with Crippen LogP contribution in [0.4, 0.5) is 15.9 Å². The molecule has 0 spiro atoms. The fourth-order valence-electron chi connectivity index (χ4n) is 2.96. The molecule has 3 heterocycles. The maximum Gasteiger partial charge on any atom is 0.176 e. The molecule has 1 aromatic carbocycles. The van der Waals surface area contributed by atoms with Gasteiger partial charge in [0.15, 0.2) is 10.9 Å². The van der Waals surface area contributed by atoms with Crippen LogP contribution in [0.15, 0.2) is 61.3 Å². The molecule has 0 aliphatic rings. The largest absolute Gasteiger partial charge is 0.330 e. The van der Waals surface area contributed by atoms with Gasteiger partial charge in [0.2, 0.25) is 0 Å². The predicted octanol–water partition coefficient (Wildman–Crippen LogP) is 3.34. The highest BCUT2D eigenvalue weighted by Gasteiger charge is 2.07. The van der Waals surface area contributed by atoms with Crippen LogP contribution in [-0.4, -0.2) is 34.5 Å². The molecule has 0 aliphatic heterocycles. The van der Waals surface area contributed by atoms with Crippen molar-refractivity contribution in [2.24, 2.45) is 0 Å². The van der Waals surface area contributed by atoms with E-state index in [0.717, 1.165) is 17.8 Å². The van der Waals surface area contributed by atoms with Crippen LogP contribution >= 0.6 is 12.2 Å². The van der Waals surface area contributed by atoms with E-state index in [-0.39, 0.29) is 5.82 Å². The Hall–Kier alpha value is -3.53. The Morgan fingerprint density at radius 1 is 1.00 bits per heavy atom. The summed E-state index contributed by atoms with van der Waals surface area (Å²) in [7, 11) is 0. The van der Waals surface area contributed by atoms with E-state index < -0.39 is 0 Å². The van der Waals surface area contributed by atoms with E-state index in [1.807, 2.05) is 34.9 Å². The summed E-state index contributed by atoms with van der Waals surface area (Å²) in [5.74, 6) is 0.321. The van der Waals surface area contributed by atoms with Crippen LogP contribution in [0.2, 0.25) is 0 Å². The van der Waals surface area contributed by atoms with Crippen LogP contribution in [0, 0.1) is 5.82 Å². The lowest BCUT2D eigenvalue weighted by Crippen LogP contribution is -2.19. The van der Waals surface area contributed by atoms with E-state index in [1.165, 1.54) is 6.07 Å². The number of anilines is 2. The second-order valence-corrected chi connectivity index (χ2v) is 7.11. The van der Waals surface area contributed by atoms with Gasteiger partial charge in [-0.1, -0.05) is 18.2 Å². The SMILES string of the molecule is CCn1cc(Cn2cc(NC(=S)Nc3ccn(Cc4ccccc4F)n3)cn2)cn1. The Labute approximate surface area is 178 Å². The second kappa shape index (κ2) is 8.87. The Kier molecular flexibility index (Phi) is 5.84. The van der Waals surface area contributed by atoms with Gasteiger partial charge in [0.1, 0.15) is 5.82 Å². The predicted molar refractivity (Wildman–Crippen MR) is 117 cm³/mol. The van der Waals surface area contributed by atoms with Gasteiger partial charge in [-0.15, -0.1) is 0 Å². The number of nitrogens with zero attached hydrogens (tertiary/aromatic N) is 6. The van der Waals surface area contributed by atoms with E-state index >= 15 is 0 Å². The molecule has 0 atom stereocenters. The zero-order valence-corrected chi connectivity index (χ0v) is 17.2. The minimum Gasteiger partial charge on any atom is -0.330 e. The molecule has 30 heavy (non-hydrogen) atoms. The minimum atomic E-state index is -0.251. The number of hydrogen-bond acceptors (Lipinski definition) is 4. The summed E-state index contributed by atoms with van der Waals surface area (Å²) in [6, 6.07) is 8.42. The van der Waals surface area contributed by atoms with Crippen LogP contribution in [0.5, 0.6) is 0 Å². The van der Waals surface area contributed by atoms with E-state index in [1.54, 1.807) is 41.3 Å². The van der Waals surface area contributed by atoms with Crippen molar-refractivity contribution < 1.29 is 4.39 Å². The first-order chi connectivity index (χ1) is 14.6. The van der Waals surface area contributed by atoms with E-state index in [4.69, 9.17) is 12.2 Å². The third-order valence-electron chi connectivity index (χ3n) is 4.42. The second-order valence-electron chi connectivity index (χ2n) is 6.70. The Morgan fingerprint density at radius 3 is 2.63 bits per heavy atom. The van der Waals surface area contributed by atoms with Crippen molar-refractivity contribution in [1.29, 1.82) is 0 Å². The number of nitrogens with one attached hydrogen (secondary N) is 2. The molecule has 4 aromatic rings. The van der Waals surface area contributed by atoms with Gasteiger partial charge in [-0.3, -0.25) is 14.0 Å². The van der Waals surface area contributed by atoms with Crippen molar-refractivity contribution in [3.63, 3.8) is 0 Å². The summed E-state index contributed by atoms with van der Waals surface area (Å²) >= 11 is 5.35. The Balaban J connectivity index is 1.31. The zero-order valence-electron chi connectivity index (χ0n) is 16.4. The van der Waals surface area contributed by atoms with Gasteiger partial charge in [-0.25, -0.2) is 4.39 Å². The number of benzene rings is 1. The van der Waals surface area contributed by atoms with Crippen molar-refractivity contribution in [1.82, 2.24) is 29.3 Å². The molecule has 0 aliphatic carbocycles. The molecule has 0 saturated carbocycles. The van der Waals surface area contributed by atoms with Gasteiger partial charge in [0, 0.05) is 42.3 Å². The maximum atomic E-state index is 13.8. The molecule has 0 unspecified atom stereocenters. The molecule has 0 fully saturated rings. The number of halogens is 1. The molecular weight excluding hydrogens is 403 g/mol. The van der Waals surface area contributed by atoms with Gasteiger partial charge in [-0.05, 0) is 25.2 Å². The van der Waals surface area contributed by atoms with Crippen LogP contribution in [0.3, 0.4) is 0 Å². The molecule has 10 heteroatoms. The van der Waals surface area contributed by atoms with Crippen molar-refractivity contribution in [2.75, 3.05) is 10.6 Å². The highest BCUT2D eigenvalue weighted by molar-refractivity contribution is 7.80. The normalized spacial score (nSPS) is 10.9. The number of thiocarbonyl (C=S) groups is 1. The molecule has 0 radical (unpaired) electrons. The van der Waals surface area contributed by atoms with Crippen molar-refractivity contribution in [3.8, 4) is 0 Å². The van der Waals surface area contributed by atoms with Gasteiger partial charge in [0.05, 0.1) is 31.2 Å². The summed E-state index contributed by atoms with van der Waals surface area (Å²) in [6.45, 7) is 3.85. The first-order valence-corrected chi connectivity index (χ1v) is 9.88. The summed E-state index contributed by atoms with van der Waals surface area (Å²) in [6.07, 6.45) is 9.18. The summed E-state index contributed by atoms with van der Waals surface area (Å²) in [4.78, 5) is 0. The molecule has 0 amide bonds. The minimum absolute atomic E-state index is 0.251. The van der Waals surface area contributed by atoms with Crippen LogP contribution in [-0.2, 0) is 19.6 Å². The monoisotopic (exact) mass is 424 g/mol. The van der Waals surface area contributed by atoms with E-state index in [2.05, 4.69) is 25.9 Å². The Bertz CT molecular complexity index is 1150. The average molecular weight is 425 g/mol. The van der Waals surface area contributed by atoms with Crippen LogP contribution in [0.1, 0.15) is 18.1 Å². The van der Waals surface area contributed by atoms with Gasteiger partial charge in [-0.2, -0.15) is 15.3 Å². The van der Waals surface area contributed by atoms with Gasteiger partial charge < -0.3 is 10.6 Å². The fourth-order valence-corrected chi connectivity index (χ4v) is 3.18. The molecular formula is C20H21FN8S. The molecule has 2 N–H and O–H groups in total. The third-order valence-corrected chi connectivity index (χ3v) is 4.62. The molecule has 8 nitrogen and oxygen atoms in total. The lowest BCUT2D eigenvalue weighted by molar-refractivity contribution is 0.586. The highest BCUT2D eigenvalue weighted by Crippen LogP contribution is 2.12. The summed E-state index contributed by atoms with van der Waals surface area (Å²) < 4.78 is 19.1. The number of aryl methyl sites for hydroxylation is 1. The van der Waals surface area contributed by atoms with Gasteiger partial charge >= 0.3 is 0 Å².